The number of ether oxygens (including phenoxy) is 1. The molecule has 0 bridgehead atoms. The molecule has 5 heteroatoms. The number of imidazole rings is 1. The SMILES string of the molecule is CC(C)OCCn1c(C(C)Cl)nc2c(C#N)cccc21. The van der Waals surface area contributed by atoms with Gasteiger partial charge in [0.25, 0.3) is 0 Å². The van der Waals surface area contributed by atoms with Crippen LogP contribution in [0.1, 0.15) is 37.5 Å². The summed E-state index contributed by atoms with van der Waals surface area (Å²) in [5.74, 6) is 0.775. The van der Waals surface area contributed by atoms with E-state index in [0.29, 0.717) is 24.2 Å². The Morgan fingerprint density at radius 2 is 2.15 bits per heavy atom. The van der Waals surface area contributed by atoms with Crippen LogP contribution in [0.15, 0.2) is 18.2 Å². The number of alkyl halides is 1. The molecule has 4 nitrogen and oxygen atoms in total. The summed E-state index contributed by atoms with van der Waals surface area (Å²) in [6.07, 6.45) is 0.191. The Morgan fingerprint density at radius 1 is 1.40 bits per heavy atom. The predicted molar refractivity (Wildman–Crippen MR) is 79.8 cm³/mol. The van der Waals surface area contributed by atoms with Crippen LogP contribution in [0.2, 0.25) is 0 Å². The molecule has 0 radical (unpaired) electrons. The van der Waals surface area contributed by atoms with Gasteiger partial charge in [-0.1, -0.05) is 6.07 Å². The quantitative estimate of drug-likeness (QED) is 0.790. The van der Waals surface area contributed by atoms with Crippen LogP contribution in [0.25, 0.3) is 11.0 Å². The van der Waals surface area contributed by atoms with Crippen molar-refractivity contribution in [3.8, 4) is 6.07 Å². The second kappa shape index (κ2) is 6.25. The number of halogens is 1. The number of hydrogen-bond acceptors (Lipinski definition) is 3. The van der Waals surface area contributed by atoms with Gasteiger partial charge in [0.05, 0.1) is 29.2 Å². The molecule has 1 unspecified atom stereocenters. The van der Waals surface area contributed by atoms with Crippen LogP contribution in [0.4, 0.5) is 0 Å². The molecule has 0 saturated carbocycles. The van der Waals surface area contributed by atoms with Crippen LogP contribution in [0.3, 0.4) is 0 Å². The lowest BCUT2D eigenvalue weighted by atomic mass is 10.2. The van der Waals surface area contributed by atoms with Gasteiger partial charge in [-0.2, -0.15) is 5.26 Å². The molecule has 20 heavy (non-hydrogen) atoms. The van der Waals surface area contributed by atoms with E-state index in [9.17, 15) is 0 Å². The Bertz CT molecular complexity index is 640. The van der Waals surface area contributed by atoms with E-state index in [1.165, 1.54) is 0 Å². The van der Waals surface area contributed by atoms with Gasteiger partial charge in [0.1, 0.15) is 17.4 Å². The van der Waals surface area contributed by atoms with Gasteiger partial charge in [-0.3, -0.25) is 0 Å². The molecule has 1 heterocycles. The highest BCUT2D eigenvalue weighted by Crippen LogP contribution is 2.26. The van der Waals surface area contributed by atoms with Gasteiger partial charge >= 0.3 is 0 Å². The predicted octanol–water partition coefficient (Wildman–Crippen LogP) is 3.63. The fourth-order valence-corrected chi connectivity index (χ4v) is 2.34. The Labute approximate surface area is 123 Å². The standard InChI is InChI=1S/C15H18ClN3O/c1-10(2)20-8-7-19-13-6-4-5-12(9-17)14(13)18-15(19)11(3)16/h4-6,10-11H,7-8H2,1-3H3. The van der Waals surface area contributed by atoms with Crippen molar-refractivity contribution < 1.29 is 4.74 Å². The Morgan fingerprint density at radius 3 is 2.75 bits per heavy atom. The van der Waals surface area contributed by atoms with Crippen molar-refractivity contribution in [1.29, 1.82) is 5.26 Å². The summed E-state index contributed by atoms with van der Waals surface area (Å²) in [5, 5.41) is 8.95. The van der Waals surface area contributed by atoms with Crippen molar-refractivity contribution in [2.75, 3.05) is 6.61 Å². The summed E-state index contributed by atoms with van der Waals surface area (Å²) in [4.78, 5) is 4.53. The van der Waals surface area contributed by atoms with Gasteiger partial charge in [-0.25, -0.2) is 4.98 Å². The molecule has 106 valence electrons. The van der Waals surface area contributed by atoms with E-state index in [1.54, 1.807) is 6.07 Å². The molecule has 2 rings (SSSR count). The Kier molecular flexibility index (Phi) is 4.64. The molecule has 1 atom stereocenters. The minimum atomic E-state index is -0.215. The van der Waals surface area contributed by atoms with E-state index in [1.807, 2.05) is 37.5 Å². The van der Waals surface area contributed by atoms with Crippen molar-refractivity contribution in [1.82, 2.24) is 9.55 Å². The third-order valence-electron chi connectivity index (χ3n) is 3.05. The monoisotopic (exact) mass is 291 g/mol. The molecule has 0 aliphatic carbocycles. The van der Waals surface area contributed by atoms with Gasteiger partial charge in [0.2, 0.25) is 0 Å². The third-order valence-corrected chi connectivity index (χ3v) is 3.25. The average molecular weight is 292 g/mol. The maximum atomic E-state index is 9.17. The molecule has 1 aromatic heterocycles. The summed E-state index contributed by atoms with van der Waals surface area (Å²) >= 11 is 6.21. The second-order valence-electron chi connectivity index (χ2n) is 4.94. The largest absolute Gasteiger partial charge is 0.377 e. The van der Waals surface area contributed by atoms with Crippen molar-refractivity contribution >= 4 is 22.6 Å². The number of aromatic nitrogens is 2. The third kappa shape index (κ3) is 2.95. The van der Waals surface area contributed by atoms with Gasteiger partial charge < -0.3 is 9.30 Å². The zero-order valence-electron chi connectivity index (χ0n) is 11.9. The van der Waals surface area contributed by atoms with E-state index in [0.717, 1.165) is 11.3 Å². The molecular weight excluding hydrogens is 274 g/mol. The summed E-state index contributed by atoms with van der Waals surface area (Å²) in [6.45, 7) is 7.16. The first-order valence-electron chi connectivity index (χ1n) is 6.69. The Hall–Kier alpha value is -1.57. The van der Waals surface area contributed by atoms with Crippen molar-refractivity contribution in [3.05, 3.63) is 29.6 Å². The number of nitrogens with zero attached hydrogens (tertiary/aromatic N) is 3. The first kappa shape index (κ1) is 14.8. The minimum Gasteiger partial charge on any atom is -0.377 e. The van der Waals surface area contributed by atoms with Crippen LogP contribution in [-0.4, -0.2) is 22.3 Å². The molecule has 0 N–H and O–H groups in total. The smallest absolute Gasteiger partial charge is 0.127 e. The zero-order chi connectivity index (χ0) is 14.7. The number of rotatable bonds is 5. The number of fused-ring (bicyclic) bond motifs is 1. The lowest BCUT2D eigenvalue weighted by molar-refractivity contribution is 0.0729. The van der Waals surface area contributed by atoms with E-state index >= 15 is 0 Å². The number of hydrogen-bond donors (Lipinski definition) is 0. The van der Waals surface area contributed by atoms with Crippen LogP contribution in [-0.2, 0) is 11.3 Å². The zero-order valence-corrected chi connectivity index (χ0v) is 12.7. The van der Waals surface area contributed by atoms with Crippen LogP contribution < -0.4 is 0 Å². The molecule has 0 aliphatic heterocycles. The lowest BCUT2D eigenvalue weighted by Crippen LogP contribution is -2.13. The number of nitriles is 1. The lowest BCUT2D eigenvalue weighted by Gasteiger charge is -2.12. The van der Waals surface area contributed by atoms with Crippen LogP contribution >= 0.6 is 11.6 Å². The molecule has 0 saturated heterocycles. The highest BCUT2D eigenvalue weighted by molar-refractivity contribution is 6.20. The van der Waals surface area contributed by atoms with Crippen molar-refractivity contribution in [3.63, 3.8) is 0 Å². The fourth-order valence-electron chi connectivity index (χ4n) is 2.17. The summed E-state index contributed by atoms with van der Waals surface area (Å²) in [7, 11) is 0. The average Bonchev–Trinajstić information content (AvgIpc) is 2.77. The maximum Gasteiger partial charge on any atom is 0.127 e. The number of para-hydroxylation sites is 1. The van der Waals surface area contributed by atoms with Gasteiger partial charge in [0, 0.05) is 6.54 Å². The normalized spacial score (nSPS) is 12.8. The maximum absolute atomic E-state index is 9.17. The highest BCUT2D eigenvalue weighted by Gasteiger charge is 2.16. The van der Waals surface area contributed by atoms with E-state index in [2.05, 4.69) is 11.1 Å². The topological polar surface area (TPSA) is 50.8 Å². The highest BCUT2D eigenvalue weighted by atomic mass is 35.5. The molecule has 2 aromatic rings. The molecule has 0 aliphatic rings. The van der Waals surface area contributed by atoms with Crippen LogP contribution in [0.5, 0.6) is 0 Å². The molecule has 0 amide bonds. The van der Waals surface area contributed by atoms with E-state index in [4.69, 9.17) is 21.6 Å². The van der Waals surface area contributed by atoms with Crippen molar-refractivity contribution in [2.45, 2.75) is 38.8 Å². The first-order chi connectivity index (χ1) is 9.54. The summed E-state index contributed by atoms with van der Waals surface area (Å²) < 4.78 is 7.64. The first-order valence-corrected chi connectivity index (χ1v) is 7.13. The Balaban J connectivity index is 2.44. The van der Waals surface area contributed by atoms with Gasteiger partial charge in [-0.15, -0.1) is 11.6 Å². The van der Waals surface area contributed by atoms with E-state index < -0.39 is 0 Å². The summed E-state index contributed by atoms with van der Waals surface area (Å²) in [5.41, 5.74) is 2.21. The molecule has 0 fully saturated rings. The van der Waals surface area contributed by atoms with Gasteiger partial charge in [0.15, 0.2) is 0 Å². The van der Waals surface area contributed by atoms with E-state index in [-0.39, 0.29) is 11.5 Å². The molecular formula is C15H18ClN3O. The van der Waals surface area contributed by atoms with Gasteiger partial charge in [-0.05, 0) is 32.9 Å². The van der Waals surface area contributed by atoms with Crippen LogP contribution in [0, 0.1) is 11.3 Å². The van der Waals surface area contributed by atoms with Crippen molar-refractivity contribution in [2.24, 2.45) is 0 Å². The molecule has 1 aromatic carbocycles. The second-order valence-corrected chi connectivity index (χ2v) is 5.60. The minimum absolute atomic E-state index is 0.191. The summed E-state index contributed by atoms with van der Waals surface area (Å²) in [6, 6.07) is 7.77. The number of benzene rings is 1. The molecule has 0 spiro atoms. The fraction of sp³-hybridized carbons (Fsp3) is 0.467.